The standard InChI is InChI=1S/C20H17ClFN3O4S/c1-28-17-8-3-12(21)9-15(17)24-18(26)11-29-19(27)16-10-23-20(30-2)25(16)14-6-4-13(22)5-7-14/h3-10H,11H2,1-2H3,(H,24,26). The number of hydrogen-bond acceptors (Lipinski definition) is 6. The van der Waals surface area contributed by atoms with Crippen LogP contribution in [0.15, 0.2) is 53.8 Å². The van der Waals surface area contributed by atoms with Crippen LogP contribution in [0.1, 0.15) is 10.5 Å². The normalized spacial score (nSPS) is 10.5. The first kappa shape index (κ1) is 21.7. The molecule has 0 spiro atoms. The van der Waals surface area contributed by atoms with Crippen LogP contribution in [0.3, 0.4) is 0 Å². The van der Waals surface area contributed by atoms with Gasteiger partial charge in [0.1, 0.15) is 11.6 Å². The molecule has 0 bridgehead atoms. The topological polar surface area (TPSA) is 82.4 Å². The molecule has 2 aromatic carbocycles. The molecule has 30 heavy (non-hydrogen) atoms. The van der Waals surface area contributed by atoms with Crippen molar-refractivity contribution >= 4 is 40.9 Å². The van der Waals surface area contributed by atoms with Crippen molar-refractivity contribution in [2.45, 2.75) is 5.16 Å². The lowest BCUT2D eigenvalue weighted by molar-refractivity contribution is -0.119. The van der Waals surface area contributed by atoms with Crippen LogP contribution in [0.2, 0.25) is 5.02 Å². The highest BCUT2D eigenvalue weighted by Crippen LogP contribution is 2.27. The number of nitrogens with one attached hydrogen (secondary N) is 1. The second kappa shape index (κ2) is 9.64. The highest BCUT2D eigenvalue weighted by atomic mass is 35.5. The van der Waals surface area contributed by atoms with Crippen LogP contribution < -0.4 is 10.1 Å². The van der Waals surface area contributed by atoms with Crippen molar-refractivity contribution < 1.29 is 23.5 Å². The van der Waals surface area contributed by atoms with E-state index in [2.05, 4.69) is 10.3 Å². The Morgan fingerprint density at radius 3 is 2.63 bits per heavy atom. The first-order chi connectivity index (χ1) is 14.4. The summed E-state index contributed by atoms with van der Waals surface area (Å²) in [6, 6.07) is 10.3. The predicted molar refractivity (Wildman–Crippen MR) is 112 cm³/mol. The molecule has 0 saturated carbocycles. The summed E-state index contributed by atoms with van der Waals surface area (Å²) >= 11 is 7.25. The number of thioether (sulfide) groups is 1. The maximum absolute atomic E-state index is 13.3. The van der Waals surface area contributed by atoms with E-state index in [9.17, 15) is 14.0 Å². The van der Waals surface area contributed by atoms with E-state index >= 15 is 0 Å². The van der Waals surface area contributed by atoms with Crippen molar-refractivity contribution in [3.05, 3.63) is 65.2 Å². The second-order valence-electron chi connectivity index (χ2n) is 5.91. The van der Waals surface area contributed by atoms with Crippen molar-refractivity contribution in [3.8, 4) is 11.4 Å². The number of nitrogens with zero attached hydrogens (tertiary/aromatic N) is 2. The van der Waals surface area contributed by atoms with Gasteiger partial charge in [-0.3, -0.25) is 9.36 Å². The minimum Gasteiger partial charge on any atom is -0.495 e. The van der Waals surface area contributed by atoms with Gasteiger partial charge in [0.05, 0.1) is 19.0 Å². The third kappa shape index (κ3) is 4.92. The van der Waals surface area contributed by atoms with Gasteiger partial charge in [-0.15, -0.1) is 0 Å². The Labute approximate surface area is 181 Å². The van der Waals surface area contributed by atoms with Crippen molar-refractivity contribution in [1.82, 2.24) is 9.55 Å². The minimum atomic E-state index is -0.750. The van der Waals surface area contributed by atoms with Crippen LogP contribution in [0, 0.1) is 5.82 Å². The van der Waals surface area contributed by atoms with Gasteiger partial charge in [-0.25, -0.2) is 14.2 Å². The van der Waals surface area contributed by atoms with Gasteiger partial charge in [-0.05, 0) is 48.7 Å². The van der Waals surface area contributed by atoms with Gasteiger partial charge in [-0.2, -0.15) is 0 Å². The third-order valence-electron chi connectivity index (χ3n) is 3.98. The van der Waals surface area contributed by atoms with Crippen LogP contribution in [0.5, 0.6) is 5.75 Å². The number of halogens is 2. The van der Waals surface area contributed by atoms with E-state index in [4.69, 9.17) is 21.1 Å². The minimum absolute atomic E-state index is 0.110. The summed E-state index contributed by atoms with van der Waals surface area (Å²) in [6.45, 7) is -0.530. The fourth-order valence-corrected chi connectivity index (χ4v) is 3.35. The molecule has 156 valence electrons. The monoisotopic (exact) mass is 449 g/mol. The van der Waals surface area contributed by atoms with E-state index in [1.165, 1.54) is 60.0 Å². The molecule has 0 unspecified atom stereocenters. The quantitative estimate of drug-likeness (QED) is 0.430. The Morgan fingerprint density at radius 1 is 1.23 bits per heavy atom. The molecular formula is C20H17ClFN3O4S. The molecule has 0 fully saturated rings. The van der Waals surface area contributed by atoms with Crippen molar-refractivity contribution in [2.75, 3.05) is 25.3 Å². The summed E-state index contributed by atoms with van der Waals surface area (Å²) < 4.78 is 25.1. The predicted octanol–water partition coefficient (Wildman–Crippen LogP) is 4.19. The molecule has 1 heterocycles. The zero-order chi connectivity index (χ0) is 21.7. The van der Waals surface area contributed by atoms with Gasteiger partial charge >= 0.3 is 5.97 Å². The van der Waals surface area contributed by atoms with Gasteiger partial charge in [0.25, 0.3) is 5.91 Å². The molecule has 7 nitrogen and oxygen atoms in total. The van der Waals surface area contributed by atoms with Crippen molar-refractivity contribution in [3.63, 3.8) is 0 Å². The molecule has 3 aromatic rings. The van der Waals surface area contributed by atoms with E-state index in [1.807, 2.05) is 0 Å². The molecule has 1 amide bonds. The number of rotatable bonds is 7. The summed E-state index contributed by atoms with van der Waals surface area (Å²) in [5.74, 6) is -1.30. The van der Waals surface area contributed by atoms with Crippen LogP contribution >= 0.6 is 23.4 Å². The van der Waals surface area contributed by atoms with Crippen LogP contribution in [0.4, 0.5) is 10.1 Å². The number of amides is 1. The van der Waals surface area contributed by atoms with E-state index in [1.54, 1.807) is 18.4 Å². The second-order valence-corrected chi connectivity index (χ2v) is 7.12. The molecule has 0 aliphatic rings. The highest BCUT2D eigenvalue weighted by molar-refractivity contribution is 7.98. The van der Waals surface area contributed by atoms with Crippen LogP contribution in [0.25, 0.3) is 5.69 Å². The number of esters is 1. The Bertz CT molecular complexity index is 1070. The van der Waals surface area contributed by atoms with Crippen LogP contribution in [-0.4, -0.2) is 41.4 Å². The lowest BCUT2D eigenvalue weighted by Crippen LogP contribution is -2.22. The summed E-state index contributed by atoms with van der Waals surface area (Å²) in [6.07, 6.45) is 3.14. The summed E-state index contributed by atoms with van der Waals surface area (Å²) in [7, 11) is 1.46. The molecular weight excluding hydrogens is 433 g/mol. The smallest absolute Gasteiger partial charge is 0.357 e. The maximum Gasteiger partial charge on any atom is 0.357 e. The van der Waals surface area contributed by atoms with Gasteiger partial charge < -0.3 is 14.8 Å². The summed E-state index contributed by atoms with van der Waals surface area (Å²) in [4.78, 5) is 29.0. The van der Waals surface area contributed by atoms with E-state index in [0.717, 1.165) is 0 Å². The van der Waals surface area contributed by atoms with Gasteiger partial charge in [0.15, 0.2) is 17.5 Å². The average molecular weight is 450 g/mol. The Kier molecular flexibility index (Phi) is 6.96. The number of hydrogen-bond donors (Lipinski definition) is 1. The molecule has 1 N–H and O–H groups in total. The zero-order valence-corrected chi connectivity index (χ0v) is 17.6. The molecule has 0 saturated heterocycles. The average Bonchev–Trinajstić information content (AvgIpc) is 3.17. The van der Waals surface area contributed by atoms with Crippen LogP contribution in [-0.2, 0) is 9.53 Å². The molecule has 0 aliphatic heterocycles. The first-order valence-electron chi connectivity index (χ1n) is 8.61. The number of carbonyl (C=O) groups excluding carboxylic acids is 2. The number of aromatic nitrogens is 2. The van der Waals surface area contributed by atoms with Gasteiger partial charge in [0.2, 0.25) is 0 Å². The molecule has 0 aliphatic carbocycles. The maximum atomic E-state index is 13.3. The summed E-state index contributed by atoms with van der Waals surface area (Å²) in [5, 5.41) is 3.51. The molecule has 0 atom stereocenters. The van der Waals surface area contributed by atoms with Gasteiger partial charge in [0, 0.05) is 10.7 Å². The number of methoxy groups -OCH3 is 1. The van der Waals surface area contributed by atoms with Crippen molar-refractivity contribution in [1.29, 1.82) is 0 Å². The summed E-state index contributed by atoms with van der Waals surface area (Å²) in [5.41, 5.74) is 1.00. The fraction of sp³-hybridized carbons (Fsp3) is 0.150. The van der Waals surface area contributed by atoms with E-state index in [0.29, 0.717) is 27.3 Å². The van der Waals surface area contributed by atoms with Gasteiger partial charge in [-0.1, -0.05) is 23.4 Å². The van der Waals surface area contributed by atoms with E-state index < -0.39 is 24.3 Å². The molecule has 0 radical (unpaired) electrons. The Hall–Kier alpha value is -3.04. The molecule has 10 heteroatoms. The Balaban J connectivity index is 1.73. The SMILES string of the molecule is COc1ccc(Cl)cc1NC(=O)COC(=O)c1cnc(SC)n1-c1ccc(F)cc1. The fourth-order valence-electron chi connectivity index (χ4n) is 2.63. The largest absolute Gasteiger partial charge is 0.495 e. The number of benzene rings is 2. The lowest BCUT2D eigenvalue weighted by Gasteiger charge is -2.12. The molecule has 3 rings (SSSR count). The molecule has 1 aromatic heterocycles. The lowest BCUT2D eigenvalue weighted by atomic mass is 10.3. The Morgan fingerprint density at radius 2 is 1.97 bits per heavy atom. The number of imidazole rings is 1. The highest BCUT2D eigenvalue weighted by Gasteiger charge is 2.20. The first-order valence-corrected chi connectivity index (χ1v) is 10.2. The number of anilines is 1. The van der Waals surface area contributed by atoms with Crippen molar-refractivity contribution in [2.24, 2.45) is 0 Å². The zero-order valence-electron chi connectivity index (χ0n) is 16.0. The number of ether oxygens (including phenoxy) is 2. The third-order valence-corrected chi connectivity index (χ3v) is 4.86. The number of carbonyl (C=O) groups is 2. The van der Waals surface area contributed by atoms with E-state index in [-0.39, 0.29) is 5.69 Å².